The fourth-order valence-corrected chi connectivity index (χ4v) is 1.46. The molecule has 0 spiro atoms. The van der Waals surface area contributed by atoms with Crippen LogP contribution >= 0.6 is 11.6 Å². The first kappa shape index (κ1) is 10.8. The Morgan fingerprint density at radius 3 is 2.75 bits per heavy atom. The highest BCUT2D eigenvalue weighted by molar-refractivity contribution is 6.29. The first-order valence-electron chi connectivity index (χ1n) is 4.82. The second kappa shape index (κ2) is 4.45. The van der Waals surface area contributed by atoms with Crippen LogP contribution in [0.25, 0.3) is 0 Å². The highest BCUT2D eigenvalue weighted by Crippen LogP contribution is 2.18. The van der Waals surface area contributed by atoms with Crippen molar-refractivity contribution in [1.29, 1.82) is 0 Å². The van der Waals surface area contributed by atoms with Crippen LogP contribution < -0.4 is 10.6 Å². The Morgan fingerprint density at radius 1 is 1.38 bits per heavy atom. The average molecular weight is 239 g/mol. The molecule has 0 bridgehead atoms. The number of amides is 1. The molecule has 4 nitrogen and oxygen atoms in total. The number of nitrogens with one attached hydrogen (secondary N) is 2. The van der Waals surface area contributed by atoms with E-state index in [1.807, 2.05) is 30.3 Å². The molecule has 2 N–H and O–H groups in total. The van der Waals surface area contributed by atoms with E-state index < -0.39 is 6.23 Å². The molecule has 1 amide bonds. The van der Waals surface area contributed by atoms with Crippen LogP contribution in [-0.4, -0.2) is 12.1 Å². The number of halogens is 1. The van der Waals surface area contributed by atoms with Gasteiger partial charge in [-0.1, -0.05) is 18.2 Å². The van der Waals surface area contributed by atoms with Gasteiger partial charge in [0.05, 0.1) is 5.70 Å². The molecule has 1 aromatic rings. The molecule has 1 heterocycles. The molecule has 0 saturated heterocycles. The average Bonchev–Trinajstić information content (AvgIpc) is 2.27. The van der Waals surface area contributed by atoms with Gasteiger partial charge in [0, 0.05) is 5.69 Å². The molecule has 1 aromatic carbocycles. The van der Waals surface area contributed by atoms with Gasteiger partial charge in [-0.15, -0.1) is 0 Å². The Balaban J connectivity index is 2.10. The SMILES string of the molecule is CC1=C(Cl)OC(Nc2ccccc2)C(=O)N1. The topological polar surface area (TPSA) is 50.4 Å². The van der Waals surface area contributed by atoms with E-state index in [4.69, 9.17) is 16.3 Å². The van der Waals surface area contributed by atoms with Crippen LogP contribution in [0.2, 0.25) is 0 Å². The number of rotatable bonds is 2. The summed E-state index contributed by atoms with van der Waals surface area (Å²) in [7, 11) is 0. The van der Waals surface area contributed by atoms with Crippen molar-refractivity contribution in [2.75, 3.05) is 5.32 Å². The molecular formula is C11H11ClN2O2. The number of hydrogen-bond acceptors (Lipinski definition) is 3. The lowest BCUT2D eigenvalue weighted by atomic mass is 10.3. The number of ether oxygens (including phenoxy) is 1. The second-order valence-corrected chi connectivity index (χ2v) is 3.74. The van der Waals surface area contributed by atoms with E-state index in [-0.39, 0.29) is 11.1 Å². The van der Waals surface area contributed by atoms with E-state index in [2.05, 4.69) is 10.6 Å². The monoisotopic (exact) mass is 238 g/mol. The molecule has 0 saturated carbocycles. The van der Waals surface area contributed by atoms with Crippen LogP contribution in [-0.2, 0) is 9.53 Å². The van der Waals surface area contributed by atoms with Crippen molar-refractivity contribution in [3.05, 3.63) is 41.2 Å². The predicted molar refractivity (Wildman–Crippen MR) is 61.6 cm³/mol. The molecular weight excluding hydrogens is 228 g/mol. The number of benzene rings is 1. The Bertz CT molecular complexity index is 431. The van der Waals surface area contributed by atoms with Gasteiger partial charge in [-0.3, -0.25) is 4.79 Å². The largest absolute Gasteiger partial charge is 0.448 e. The minimum absolute atomic E-state index is 0.202. The van der Waals surface area contributed by atoms with Gasteiger partial charge in [0.15, 0.2) is 0 Å². The maximum atomic E-state index is 11.6. The Labute approximate surface area is 98.2 Å². The maximum Gasteiger partial charge on any atom is 0.286 e. The van der Waals surface area contributed by atoms with Crippen molar-refractivity contribution in [2.45, 2.75) is 13.2 Å². The number of hydrogen-bond donors (Lipinski definition) is 2. The summed E-state index contributed by atoms with van der Waals surface area (Å²) in [6, 6.07) is 9.31. The molecule has 0 aliphatic carbocycles. The number of allylic oxidation sites excluding steroid dienone is 1. The van der Waals surface area contributed by atoms with Crippen LogP contribution in [0.4, 0.5) is 5.69 Å². The van der Waals surface area contributed by atoms with E-state index in [1.54, 1.807) is 6.92 Å². The van der Waals surface area contributed by atoms with Crippen molar-refractivity contribution >= 4 is 23.2 Å². The quantitative estimate of drug-likeness (QED) is 0.829. The molecule has 1 atom stereocenters. The van der Waals surface area contributed by atoms with E-state index in [0.717, 1.165) is 5.69 Å². The van der Waals surface area contributed by atoms with Gasteiger partial charge in [0.25, 0.3) is 12.1 Å². The molecule has 1 aliphatic heterocycles. The lowest BCUT2D eigenvalue weighted by Gasteiger charge is -2.25. The fourth-order valence-electron chi connectivity index (χ4n) is 1.33. The van der Waals surface area contributed by atoms with Crippen molar-refractivity contribution < 1.29 is 9.53 Å². The third kappa shape index (κ3) is 2.28. The van der Waals surface area contributed by atoms with Gasteiger partial charge in [-0.25, -0.2) is 0 Å². The number of carbonyl (C=O) groups excluding carboxylic acids is 1. The molecule has 5 heteroatoms. The van der Waals surface area contributed by atoms with E-state index in [9.17, 15) is 4.79 Å². The van der Waals surface area contributed by atoms with Crippen molar-refractivity contribution in [3.63, 3.8) is 0 Å². The molecule has 2 rings (SSSR count). The fraction of sp³-hybridized carbons (Fsp3) is 0.182. The van der Waals surface area contributed by atoms with Crippen molar-refractivity contribution in [1.82, 2.24) is 5.32 Å². The van der Waals surface area contributed by atoms with Crippen LogP contribution in [0.1, 0.15) is 6.92 Å². The minimum Gasteiger partial charge on any atom is -0.448 e. The van der Waals surface area contributed by atoms with E-state index in [1.165, 1.54) is 0 Å². The molecule has 1 unspecified atom stereocenters. The van der Waals surface area contributed by atoms with Crippen molar-refractivity contribution in [2.24, 2.45) is 0 Å². The number of carbonyl (C=O) groups is 1. The summed E-state index contributed by atoms with van der Waals surface area (Å²) in [6.45, 7) is 1.68. The Kier molecular flexibility index (Phi) is 3.01. The Morgan fingerprint density at radius 2 is 2.06 bits per heavy atom. The Hall–Kier alpha value is -1.68. The highest BCUT2D eigenvalue weighted by Gasteiger charge is 2.26. The first-order chi connectivity index (χ1) is 7.66. The van der Waals surface area contributed by atoms with Gasteiger partial charge < -0.3 is 15.4 Å². The normalized spacial score (nSPS) is 20.1. The molecule has 0 radical (unpaired) electrons. The summed E-state index contributed by atoms with van der Waals surface area (Å²) < 4.78 is 5.24. The van der Waals surface area contributed by atoms with Crippen LogP contribution in [0.5, 0.6) is 0 Å². The molecule has 84 valence electrons. The van der Waals surface area contributed by atoms with Crippen LogP contribution in [0, 0.1) is 0 Å². The molecule has 0 fully saturated rings. The van der Waals surface area contributed by atoms with E-state index in [0.29, 0.717) is 5.70 Å². The standard InChI is InChI=1S/C11H11ClN2O2/c1-7-9(12)16-11(10(15)13-7)14-8-5-3-2-4-6-8/h2-6,11,14H,1H3,(H,13,15). The lowest BCUT2D eigenvalue weighted by Crippen LogP contribution is -2.44. The summed E-state index contributed by atoms with van der Waals surface area (Å²) >= 11 is 5.80. The first-order valence-corrected chi connectivity index (χ1v) is 5.20. The zero-order chi connectivity index (χ0) is 11.5. The summed E-state index contributed by atoms with van der Waals surface area (Å²) in [4.78, 5) is 11.6. The lowest BCUT2D eigenvalue weighted by molar-refractivity contribution is -0.129. The van der Waals surface area contributed by atoms with Gasteiger partial charge in [0.2, 0.25) is 5.22 Å². The zero-order valence-corrected chi connectivity index (χ0v) is 9.41. The van der Waals surface area contributed by atoms with Gasteiger partial charge >= 0.3 is 0 Å². The van der Waals surface area contributed by atoms with Crippen molar-refractivity contribution in [3.8, 4) is 0 Å². The van der Waals surface area contributed by atoms with Gasteiger partial charge in [-0.05, 0) is 30.7 Å². The molecule has 0 aromatic heterocycles. The van der Waals surface area contributed by atoms with E-state index >= 15 is 0 Å². The zero-order valence-electron chi connectivity index (χ0n) is 8.66. The highest BCUT2D eigenvalue weighted by atomic mass is 35.5. The third-order valence-electron chi connectivity index (χ3n) is 2.14. The second-order valence-electron chi connectivity index (χ2n) is 3.40. The maximum absolute atomic E-state index is 11.6. The smallest absolute Gasteiger partial charge is 0.286 e. The van der Waals surface area contributed by atoms with Crippen LogP contribution in [0.15, 0.2) is 41.2 Å². The van der Waals surface area contributed by atoms with Crippen LogP contribution in [0.3, 0.4) is 0 Å². The summed E-state index contributed by atoms with van der Waals surface area (Å²) in [6.07, 6.45) is -0.793. The van der Waals surface area contributed by atoms with Gasteiger partial charge in [0.1, 0.15) is 0 Å². The summed E-state index contributed by atoms with van der Waals surface area (Å²) in [5.74, 6) is -0.259. The number of para-hydroxylation sites is 1. The summed E-state index contributed by atoms with van der Waals surface area (Å²) in [5.41, 5.74) is 1.32. The third-order valence-corrected chi connectivity index (χ3v) is 2.51. The number of anilines is 1. The minimum atomic E-state index is -0.793. The predicted octanol–water partition coefficient (Wildman–Crippen LogP) is 2.00. The molecule has 1 aliphatic rings. The molecule has 16 heavy (non-hydrogen) atoms. The van der Waals surface area contributed by atoms with Gasteiger partial charge in [-0.2, -0.15) is 0 Å². The summed E-state index contributed by atoms with van der Waals surface area (Å²) in [5, 5.41) is 5.75.